The topological polar surface area (TPSA) is 57.1 Å². The first-order valence-electron chi connectivity index (χ1n) is 8.67. The summed E-state index contributed by atoms with van der Waals surface area (Å²) in [5.74, 6) is 0.862. The lowest BCUT2D eigenvalue weighted by molar-refractivity contribution is -0.0498. The molecule has 5 nitrogen and oxygen atoms in total. The quantitative estimate of drug-likeness (QED) is 0.354. The molecule has 1 aromatic rings. The van der Waals surface area contributed by atoms with Crippen LogP contribution in [0.2, 0.25) is 0 Å². The molecule has 0 heterocycles. The van der Waals surface area contributed by atoms with Crippen molar-refractivity contribution < 1.29 is 18.6 Å². The van der Waals surface area contributed by atoms with Gasteiger partial charge in [-0.25, -0.2) is 0 Å². The van der Waals surface area contributed by atoms with Gasteiger partial charge in [-0.3, -0.25) is 4.99 Å². The molecule has 0 radical (unpaired) electrons. The number of aliphatic imine (C=N–C) groups is 1. The van der Waals surface area contributed by atoms with Crippen molar-refractivity contribution in [3.05, 3.63) is 29.8 Å². The number of ether oxygens (including phenoxy) is 1. The molecule has 148 valence electrons. The zero-order chi connectivity index (χ0) is 18.3. The van der Waals surface area contributed by atoms with Gasteiger partial charge in [0, 0.05) is 20.1 Å². The van der Waals surface area contributed by atoms with Gasteiger partial charge in [0.15, 0.2) is 5.96 Å². The molecule has 1 saturated carbocycles. The molecule has 26 heavy (non-hydrogen) atoms. The van der Waals surface area contributed by atoms with Crippen molar-refractivity contribution in [2.45, 2.75) is 51.4 Å². The standard InChI is InChI=1S/C18H27F2N3O2.HI/c1-3-21-17(22-13-18(24)10-4-5-11-18)23(2)12-14-6-8-15(9-7-14)25-16(19)20;/h6-9,16,24H,3-5,10-13H2,1-2H3,(H,21,22);1H. The number of hydrogen-bond donors (Lipinski definition) is 2. The Hall–Kier alpha value is -1.16. The molecule has 0 aromatic heterocycles. The summed E-state index contributed by atoms with van der Waals surface area (Å²) in [4.78, 5) is 6.53. The normalized spacial score (nSPS) is 16.3. The lowest BCUT2D eigenvalue weighted by Crippen LogP contribution is -2.40. The van der Waals surface area contributed by atoms with E-state index in [1.165, 1.54) is 12.1 Å². The lowest BCUT2D eigenvalue weighted by Gasteiger charge is -2.25. The summed E-state index contributed by atoms with van der Waals surface area (Å²) >= 11 is 0. The fourth-order valence-corrected chi connectivity index (χ4v) is 3.01. The minimum atomic E-state index is -2.82. The van der Waals surface area contributed by atoms with Crippen molar-refractivity contribution in [2.24, 2.45) is 4.99 Å². The van der Waals surface area contributed by atoms with Crippen LogP contribution in [0.1, 0.15) is 38.2 Å². The molecular weight excluding hydrogens is 455 g/mol. The molecule has 0 spiro atoms. The van der Waals surface area contributed by atoms with Crippen LogP contribution < -0.4 is 10.1 Å². The second-order valence-corrected chi connectivity index (χ2v) is 6.48. The van der Waals surface area contributed by atoms with E-state index in [0.29, 0.717) is 13.1 Å². The first-order chi connectivity index (χ1) is 11.9. The number of alkyl halides is 2. The molecule has 1 fully saturated rings. The number of hydrogen-bond acceptors (Lipinski definition) is 3. The van der Waals surface area contributed by atoms with Crippen LogP contribution in [-0.2, 0) is 6.54 Å². The van der Waals surface area contributed by atoms with Crippen molar-refractivity contribution in [3.8, 4) is 5.75 Å². The number of guanidine groups is 1. The van der Waals surface area contributed by atoms with E-state index in [1.807, 2.05) is 18.9 Å². The van der Waals surface area contributed by atoms with Crippen LogP contribution in [0.4, 0.5) is 8.78 Å². The predicted octanol–water partition coefficient (Wildman–Crippen LogP) is 3.61. The Morgan fingerprint density at radius 1 is 1.31 bits per heavy atom. The summed E-state index contributed by atoms with van der Waals surface area (Å²) in [5, 5.41) is 13.7. The van der Waals surface area contributed by atoms with Gasteiger partial charge in [-0.1, -0.05) is 25.0 Å². The third kappa shape index (κ3) is 7.22. The van der Waals surface area contributed by atoms with E-state index in [-0.39, 0.29) is 29.7 Å². The van der Waals surface area contributed by atoms with E-state index in [4.69, 9.17) is 0 Å². The van der Waals surface area contributed by atoms with Crippen molar-refractivity contribution in [2.75, 3.05) is 20.1 Å². The molecule has 0 aliphatic heterocycles. The van der Waals surface area contributed by atoms with Gasteiger partial charge in [0.25, 0.3) is 0 Å². The Labute approximate surface area is 170 Å². The van der Waals surface area contributed by atoms with Gasteiger partial charge in [0.05, 0.1) is 12.1 Å². The fraction of sp³-hybridized carbons (Fsp3) is 0.611. The van der Waals surface area contributed by atoms with Crippen LogP contribution in [0, 0.1) is 0 Å². The SMILES string of the molecule is CCNC(=NCC1(O)CCCC1)N(C)Cc1ccc(OC(F)F)cc1.I. The molecule has 0 bridgehead atoms. The van der Waals surface area contributed by atoms with Gasteiger partial charge in [-0.05, 0) is 37.5 Å². The van der Waals surface area contributed by atoms with Crippen LogP contribution in [0.15, 0.2) is 29.3 Å². The van der Waals surface area contributed by atoms with E-state index in [0.717, 1.165) is 43.8 Å². The Morgan fingerprint density at radius 3 is 2.46 bits per heavy atom. The highest BCUT2D eigenvalue weighted by molar-refractivity contribution is 14.0. The Balaban J connectivity index is 0.00000338. The van der Waals surface area contributed by atoms with Crippen LogP contribution in [0.5, 0.6) is 5.75 Å². The second kappa shape index (κ2) is 10.9. The van der Waals surface area contributed by atoms with Crippen molar-refractivity contribution in [1.82, 2.24) is 10.2 Å². The monoisotopic (exact) mass is 483 g/mol. The molecule has 1 aliphatic carbocycles. The van der Waals surface area contributed by atoms with E-state index in [9.17, 15) is 13.9 Å². The molecule has 1 aliphatic rings. The third-order valence-electron chi connectivity index (χ3n) is 4.32. The lowest BCUT2D eigenvalue weighted by atomic mass is 10.0. The van der Waals surface area contributed by atoms with Gasteiger partial charge in [0.2, 0.25) is 0 Å². The van der Waals surface area contributed by atoms with E-state index < -0.39 is 12.2 Å². The van der Waals surface area contributed by atoms with E-state index >= 15 is 0 Å². The third-order valence-corrected chi connectivity index (χ3v) is 4.32. The highest BCUT2D eigenvalue weighted by atomic mass is 127. The molecule has 1 aromatic carbocycles. The van der Waals surface area contributed by atoms with Gasteiger partial charge in [-0.2, -0.15) is 8.78 Å². The second-order valence-electron chi connectivity index (χ2n) is 6.48. The minimum absolute atomic E-state index is 0. The number of rotatable bonds is 7. The fourth-order valence-electron chi connectivity index (χ4n) is 3.01. The maximum atomic E-state index is 12.2. The maximum absolute atomic E-state index is 12.2. The van der Waals surface area contributed by atoms with Crippen molar-refractivity contribution >= 4 is 29.9 Å². The Bertz CT molecular complexity index is 564. The Morgan fingerprint density at radius 2 is 1.92 bits per heavy atom. The minimum Gasteiger partial charge on any atom is -0.435 e. The zero-order valence-electron chi connectivity index (χ0n) is 15.3. The number of benzene rings is 1. The van der Waals surface area contributed by atoms with Crippen LogP contribution in [-0.4, -0.2) is 48.3 Å². The number of nitrogens with zero attached hydrogens (tertiary/aromatic N) is 2. The first-order valence-corrected chi connectivity index (χ1v) is 8.67. The van der Waals surface area contributed by atoms with Crippen LogP contribution in [0.3, 0.4) is 0 Å². The van der Waals surface area contributed by atoms with Gasteiger partial charge < -0.3 is 20.1 Å². The summed E-state index contributed by atoms with van der Waals surface area (Å²) in [5.41, 5.74) is 0.268. The van der Waals surface area contributed by atoms with Gasteiger partial charge >= 0.3 is 6.61 Å². The first kappa shape index (κ1) is 22.9. The zero-order valence-corrected chi connectivity index (χ0v) is 17.6. The summed E-state index contributed by atoms with van der Waals surface area (Å²) in [6.45, 7) is 0.856. The number of halogens is 3. The summed E-state index contributed by atoms with van der Waals surface area (Å²) in [7, 11) is 1.91. The predicted molar refractivity (Wildman–Crippen MR) is 109 cm³/mol. The molecule has 0 atom stereocenters. The molecule has 8 heteroatoms. The van der Waals surface area contributed by atoms with Crippen LogP contribution in [0.25, 0.3) is 0 Å². The molecular formula is C18H28F2IN3O2. The van der Waals surface area contributed by atoms with Crippen molar-refractivity contribution in [1.29, 1.82) is 0 Å². The average molecular weight is 483 g/mol. The Kier molecular flexibility index (Phi) is 9.56. The molecule has 0 amide bonds. The summed E-state index contributed by atoms with van der Waals surface area (Å²) in [6, 6.07) is 6.56. The number of nitrogens with one attached hydrogen (secondary N) is 1. The smallest absolute Gasteiger partial charge is 0.387 e. The maximum Gasteiger partial charge on any atom is 0.387 e. The van der Waals surface area contributed by atoms with Crippen LogP contribution >= 0.6 is 24.0 Å². The molecule has 2 rings (SSSR count). The summed E-state index contributed by atoms with van der Waals surface area (Å²) < 4.78 is 28.7. The summed E-state index contributed by atoms with van der Waals surface area (Å²) in [6.07, 6.45) is 3.69. The number of aliphatic hydroxyl groups is 1. The van der Waals surface area contributed by atoms with E-state index in [1.54, 1.807) is 12.1 Å². The largest absolute Gasteiger partial charge is 0.435 e. The molecule has 2 N–H and O–H groups in total. The average Bonchev–Trinajstić information content (AvgIpc) is 2.99. The van der Waals surface area contributed by atoms with E-state index in [2.05, 4.69) is 15.0 Å². The highest BCUT2D eigenvalue weighted by Crippen LogP contribution is 2.29. The van der Waals surface area contributed by atoms with Gasteiger partial charge in [-0.15, -0.1) is 24.0 Å². The molecule has 0 unspecified atom stereocenters. The van der Waals surface area contributed by atoms with Gasteiger partial charge in [0.1, 0.15) is 5.75 Å². The highest BCUT2D eigenvalue weighted by Gasteiger charge is 2.30. The molecule has 0 saturated heterocycles. The van der Waals surface area contributed by atoms with Crippen molar-refractivity contribution in [3.63, 3.8) is 0 Å².